The Bertz CT molecular complexity index is 740. The molecule has 110 valence electrons. The molecule has 0 N–H and O–H groups in total. The summed E-state index contributed by atoms with van der Waals surface area (Å²) < 4.78 is 25.7. The molecular weight excluding hydrogens is 300 g/mol. The van der Waals surface area contributed by atoms with Crippen molar-refractivity contribution in [1.29, 1.82) is 0 Å². The average Bonchev–Trinajstić information content (AvgIpc) is 2.47. The summed E-state index contributed by atoms with van der Waals surface area (Å²) in [4.78, 5) is 1.25. The van der Waals surface area contributed by atoms with Gasteiger partial charge in [-0.25, -0.2) is 8.42 Å². The van der Waals surface area contributed by atoms with Crippen molar-refractivity contribution in [3.8, 4) is 0 Å². The van der Waals surface area contributed by atoms with E-state index in [1.807, 2.05) is 50.2 Å². The van der Waals surface area contributed by atoms with Crippen LogP contribution in [-0.2, 0) is 9.84 Å². The molecule has 21 heavy (non-hydrogen) atoms. The van der Waals surface area contributed by atoms with Crippen LogP contribution in [0.4, 0.5) is 0 Å². The quantitative estimate of drug-likeness (QED) is 0.764. The molecule has 0 saturated heterocycles. The predicted molar refractivity (Wildman–Crippen MR) is 89.2 cm³/mol. The Morgan fingerprint density at radius 3 is 1.86 bits per heavy atom. The van der Waals surface area contributed by atoms with Crippen LogP contribution >= 0.6 is 11.8 Å². The number of rotatable bonds is 4. The van der Waals surface area contributed by atoms with Crippen molar-refractivity contribution in [1.82, 2.24) is 0 Å². The van der Waals surface area contributed by atoms with Gasteiger partial charge in [0, 0.05) is 4.90 Å². The predicted octanol–water partition coefficient (Wildman–Crippen LogP) is 4.73. The van der Waals surface area contributed by atoms with Crippen molar-refractivity contribution in [2.45, 2.75) is 30.6 Å². The second-order valence-corrected chi connectivity index (χ2v) is 8.13. The molecule has 4 heteroatoms. The molecule has 2 rings (SSSR count). The van der Waals surface area contributed by atoms with Crippen LogP contribution in [0, 0.1) is 13.8 Å². The Kier molecular flexibility index (Phi) is 4.91. The van der Waals surface area contributed by atoms with Gasteiger partial charge in [0.15, 0.2) is 0 Å². The fourth-order valence-electron chi connectivity index (χ4n) is 1.82. The highest BCUT2D eigenvalue weighted by Gasteiger charge is 2.20. The maximum absolute atomic E-state index is 12.7. The third-order valence-corrected chi connectivity index (χ3v) is 6.58. The van der Waals surface area contributed by atoms with Crippen molar-refractivity contribution in [2.24, 2.45) is 0 Å². The van der Waals surface area contributed by atoms with E-state index >= 15 is 0 Å². The van der Waals surface area contributed by atoms with Gasteiger partial charge < -0.3 is 0 Å². The molecule has 0 heterocycles. The van der Waals surface area contributed by atoms with Crippen molar-refractivity contribution < 1.29 is 8.42 Å². The standard InChI is InChI=1S/C17H18O2S2/c1-4-17(20-15-9-5-13(2)6-10-15)21(18,19)16-11-7-14(3)8-12-16/h4-12H,1-3H3/b17-4+. The van der Waals surface area contributed by atoms with Crippen LogP contribution in [0.25, 0.3) is 0 Å². The second kappa shape index (κ2) is 6.50. The van der Waals surface area contributed by atoms with E-state index in [0.29, 0.717) is 9.13 Å². The van der Waals surface area contributed by atoms with Gasteiger partial charge in [-0.3, -0.25) is 0 Å². The first-order valence-electron chi connectivity index (χ1n) is 6.66. The Hall–Kier alpha value is -1.52. The van der Waals surface area contributed by atoms with E-state index in [1.165, 1.54) is 11.8 Å². The normalized spacial score (nSPS) is 12.4. The van der Waals surface area contributed by atoms with E-state index in [4.69, 9.17) is 0 Å². The number of allylic oxidation sites excluding steroid dienone is 1. The van der Waals surface area contributed by atoms with Crippen LogP contribution in [0.2, 0.25) is 0 Å². The van der Waals surface area contributed by atoms with Gasteiger partial charge in [0.2, 0.25) is 9.84 Å². The summed E-state index contributed by atoms with van der Waals surface area (Å²) in [6.07, 6.45) is 1.65. The van der Waals surface area contributed by atoms with E-state index in [1.54, 1.807) is 25.1 Å². The number of aryl methyl sites for hydroxylation is 2. The number of thioether (sulfide) groups is 1. The van der Waals surface area contributed by atoms with Gasteiger partial charge in [-0.05, 0) is 45.0 Å². The summed E-state index contributed by atoms with van der Waals surface area (Å²) in [5.41, 5.74) is 2.20. The lowest BCUT2D eigenvalue weighted by atomic mass is 10.2. The van der Waals surface area contributed by atoms with Gasteiger partial charge in [-0.1, -0.05) is 53.2 Å². The fraction of sp³-hybridized carbons (Fsp3) is 0.176. The maximum atomic E-state index is 12.7. The van der Waals surface area contributed by atoms with Crippen LogP contribution in [0.15, 0.2) is 68.6 Å². The number of hydrogen-bond acceptors (Lipinski definition) is 3. The van der Waals surface area contributed by atoms with Gasteiger partial charge in [0.25, 0.3) is 0 Å². The molecule has 0 radical (unpaired) electrons. The summed E-state index contributed by atoms with van der Waals surface area (Å²) in [7, 11) is -3.45. The molecule has 0 unspecified atom stereocenters. The van der Waals surface area contributed by atoms with E-state index in [9.17, 15) is 8.42 Å². The van der Waals surface area contributed by atoms with Crippen LogP contribution in [0.1, 0.15) is 18.1 Å². The molecule has 0 aromatic heterocycles. The first-order valence-corrected chi connectivity index (χ1v) is 8.96. The molecular formula is C17H18O2S2. The van der Waals surface area contributed by atoms with Crippen LogP contribution < -0.4 is 0 Å². The van der Waals surface area contributed by atoms with Gasteiger partial charge in [-0.15, -0.1) is 0 Å². The van der Waals surface area contributed by atoms with E-state index in [2.05, 4.69) is 0 Å². The summed E-state index contributed by atoms with van der Waals surface area (Å²) >= 11 is 1.28. The molecule has 0 bridgehead atoms. The third-order valence-electron chi connectivity index (χ3n) is 3.07. The lowest BCUT2D eigenvalue weighted by Crippen LogP contribution is -2.02. The lowest BCUT2D eigenvalue weighted by Gasteiger charge is -2.09. The van der Waals surface area contributed by atoms with Gasteiger partial charge in [0.1, 0.15) is 4.24 Å². The van der Waals surface area contributed by atoms with E-state index in [-0.39, 0.29) is 0 Å². The highest BCUT2D eigenvalue weighted by atomic mass is 32.3. The summed E-state index contributed by atoms with van der Waals surface area (Å²) in [5, 5.41) is 0. The molecule has 0 saturated carbocycles. The highest BCUT2D eigenvalue weighted by Crippen LogP contribution is 2.34. The Balaban J connectivity index is 2.32. The van der Waals surface area contributed by atoms with Gasteiger partial charge in [-0.2, -0.15) is 0 Å². The third kappa shape index (κ3) is 3.77. The summed E-state index contributed by atoms with van der Waals surface area (Å²) in [6.45, 7) is 5.70. The van der Waals surface area contributed by atoms with Crippen molar-refractivity contribution in [3.05, 3.63) is 70.0 Å². The second-order valence-electron chi connectivity index (χ2n) is 4.84. The minimum absolute atomic E-state index is 0.334. The van der Waals surface area contributed by atoms with Crippen molar-refractivity contribution in [3.63, 3.8) is 0 Å². The van der Waals surface area contributed by atoms with Crippen LogP contribution in [0.3, 0.4) is 0 Å². The number of benzene rings is 2. The Morgan fingerprint density at radius 2 is 1.38 bits per heavy atom. The molecule has 2 aromatic carbocycles. The first kappa shape index (κ1) is 15.9. The average molecular weight is 318 g/mol. The van der Waals surface area contributed by atoms with Gasteiger partial charge in [0.05, 0.1) is 4.90 Å². The lowest BCUT2D eigenvalue weighted by molar-refractivity contribution is 0.604. The molecule has 0 aliphatic carbocycles. The van der Waals surface area contributed by atoms with E-state index < -0.39 is 9.84 Å². The number of hydrogen-bond donors (Lipinski definition) is 0. The minimum atomic E-state index is -3.45. The van der Waals surface area contributed by atoms with Crippen LogP contribution in [0.5, 0.6) is 0 Å². The monoisotopic (exact) mass is 318 g/mol. The molecule has 0 aliphatic heterocycles. The smallest absolute Gasteiger partial charge is 0.212 e. The highest BCUT2D eigenvalue weighted by molar-refractivity contribution is 8.18. The Labute approximate surface area is 130 Å². The Morgan fingerprint density at radius 1 is 0.905 bits per heavy atom. The summed E-state index contributed by atoms with van der Waals surface area (Å²) in [5.74, 6) is 0. The fourth-order valence-corrected chi connectivity index (χ4v) is 4.50. The molecule has 0 atom stereocenters. The molecule has 2 nitrogen and oxygen atoms in total. The number of sulfone groups is 1. The zero-order chi connectivity index (χ0) is 15.5. The van der Waals surface area contributed by atoms with E-state index in [0.717, 1.165) is 16.0 Å². The summed E-state index contributed by atoms with van der Waals surface area (Å²) in [6, 6.07) is 14.8. The van der Waals surface area contributed by atoms with Gasteiger partial charge >= 0.3 is 0 Å². The van der Waals surface area contributed by atoms with Crippen molar-refractivity contribution in [2.75, 3.05) is 0 Å². The SMILES string of the molecule is C/C=C(\Sc1ccc(C)cc1)S(=O)(=O)c1ccc(C)cc1. The zero-order valence-electron chi connectivity index (χ0n) is 12.3. The topological polar surface area (TPSA) is 34.1 Å². The zero-order valence-corrected chi connectivity index (χ0v) is 14.0. The molecule has 2 aromatic rings. The molecule has 0 spiro atoms. The minimum Gasteiger partial charge on any atom is -0.218 e. The molecule has 0 amide bonds. The first-order chi connectivity index (χ1) is 9.93. The van der Waals surface area contributed by atoms with Crippen LogP contribution in [-0.4, -0.2) is 8.42 Å². The molecule has 0 aliphatic rings. The largest absolute Gasteiger partial charge is 0.218 e. The van der Waals surface area contributed by atoms with Crippen molar-refractivity contribution >= 4 is 21.6 Å². The maximum Gasteiger partial charge on any atom is 0.212 e. The molecule has 0 fully saturated rings.